The SMILES string of the molecule is O=C(OCc1ccccc1)c1ccc2ncncc2c1. The topological polar surface area (TPSA) is 52.1 Å². The first-order chi connectivity index (χ1) is 9.83. The van der Waals surface area contributed by atoms with Gasteiger partial charge in [-0.15, -0.1) is 0 Å². The number of hydrogen-bond donors (Lipinski definition) is 0. The molecule has 4 heteroatoms. The predicted octanol–water partition coefficient (Wildman–Crippen LogP) is 2.99. The highest BCUT2D eigenvalue weighted by molar-refractivity contribution is 5.94. The van der Waals surface area contributed by atoms with Gasteiger partial charge in [0, 0.05) is 11.6 Å². The number of carbonyl (C=O) groups excluding carboxylic acids is 1. The molecule has 4 nitrogen and oxygen atoms in total. The second-order valence-electron chi connectivity index (χ2n) is 4.36. The molecule has 0 fully saturated rings. The fraction of sp³-hybridized carbons (Fsp3) is 0.0625. The summed E-state index contributed by atoms with van der Waals surface area (Å²) in [5, 5.41) is 0.821. The lowest BCUT2D eigenvalue weighted by Gasteiger charge is -2.05. The van der Waals surface area contributed by atoms with Crippen molar-refractivity contribution in [1.29, 1.82) is 0 Å². The number of benzene rings is 2. The molecule has 2 aromatic carbocycles. The van der Waals surface area contributed by atoms with E-state index in [2.05, 4.69) is 9.97 Å². The van der Waals surface area contributed by atoms with Crippen molar-refractivity contribution in [2.45, 2.75) is 6.61 Å². The largest absolute Gasteiger partial charge is 0.457 e. The molecule has 20 heavy (non-hydrogen) atoms. The van der Waals surface area contributed by atoms with Crippen LogP contribution in [0.15, 0.2) is 61.1 Å². The van der Waals surface area contributed by atoms with Crippen molar-refractivity contribution in [2.75, 3.05) is 0 Å². The van der Waals surface area contributed by atoms with Gasteiger partial charge in [-0.05, 0) is 23.8 Å². The zero-order valence-electron chi connectivity index (χ0n) is 10.7. The van der Waals surface area contributed by atoms with E-state index in [1.54, 1.807) is 24.4 Å². The molecule has 0 bridgehead atoms. The summed E-state index contributed by atoms with van der Waals surface area (Å²) < 4.78 is 5.28. The van der Waals surface area contributed by atoms with E-state index in [0.717, 1.165) is 16.5 Å². The molecular formula is C16H12N2O2. The molecule has 1 aromatic heterocycles. The summed E-state index contributed by atoms with van der Waals surface area (Å²) in [4.78, 5) is 20.1. The van der Waals surface area contributed by atoms with Crippen LogP contribution in [0.5, 0.6) is 0 Å². The molecule has 0 unspecified atom stereocenters. The Hall–Kier alpha value is -2.75. The minimum absolute atomic E-state index is 0.267. The Morgan fingerprint density at radius 1 is 1.10 bits per heavy atom. The fourth-order valence-electron chi connectivity index (χ4n) is 1.92. The van der Waals surface area contributed by atoms with Crippen LogP contribution < -0.4 is 0 Å². The average molecular weight is 264 g/mol. The molecule has 0 aliphatic rings. The number of aromatic nitrogens is 2. The Morgan fingerprint density at radius 3 is 2.80 bits per heavy atom. The van der Waals surface area contributed by atoms with E-state index in [1.807, 2.05) is 30.3 Å². The van der Waals surface area contributed by atoms with Crippen LogP contribution in [0.1, 0.15) is 15.9 Å². The molecule has 98 valence electrons. The van der Waals surface area contributed by atoms with Gasteiger partial charge in [0.25, 0.3) is 0 Å². The summed E-state index contributed by atoms with van der Waals surface area (Å²) in [5.74, 6) is -0.348. The molecule has 0 saturated carbocycles. The van der Waals surface area contributed by atoms with Crippen molar-refractivity contribution in [1.82, 2.24) is 9.97 Å². The molecule has 0 saturated heterocycles. The Kier molecular flexibility index (Phi) is 3.37. The predicted molar refractivity (Wildman–Crippen MR) is 75.1 cm³/mol. The second-order valence-corrected chi connectivity index (χ2v) is 4.36. The minimum atomic E-state index is -0.348. The number of ether oxygens (including phenoxy) is 1. The van der Waals surface area contributed by atoms with Crippen molar-refractivity contribution in [3.63, 3.8) is 0 Å². The standard InChI is InChI=1S/C16H12N2O2/c19-16(20-10-12-4-2-1-3-5-12)13-6-7-15-14(8-13)9-17-11-18-15/h1-9,11H,10H2. The first kappa shape index (κ1) is 12.3. The van der Waals surface area contributed by atoms with Crippen LogP contribution in [0, 0.1) is 0 Å². The third-order valence-corrected chi connectivity index (χ3v) is 2.95. The van der Waals surface area contributed by atoms with Gasteiger partial charge in [0.2, 0.25) is 0 Å². The lowest BCUT2D eigenvalue weighted by Crippen LogP contribution is -2.05. The van der Waals surface area contributed by atoms with Crippen LogP contribution in [0.25, 0.3) is 10.9 Å². The lowest BCUT2D eigenvalue weighted by molar-refractivity contribution is 0.0473. The minimum Gasteiger partial charge on any atom is -0.457 e. The van der Waals surface area contributed by atoms with Crippen LogP contribution in [0.2, 0.25) is 0 Å². The Morgan fingerprint density at radius 2 is 1.95 bits per heavy atom. The molecule has 0 radical (unpaired) electrons. The van der Waals surface area contributed by atoms with Crippen LogP contribution in [0.4, 0.5) is 0 Å². The zero-order chi connectivity index (χ0) is 13.8. The molecule has 0 aliphatic carbocycles. The summed E-state index contributed by atoms with van der Waals surface area (Å²) in [6, 6.07) is 14.8. The van der Waals surface area contributed by atoms with Crippen molar-refractivity contribution in [3.05, 3.63) is 72.2 Å². The van der Waals surface area contributed by atoms with Crippen LogP contribution in [-0.4, -0.2) is 15.9 Å². The first-order valence-electron chi connectivity index (χ1n) is 6.24. The highest BCUT2D eigenvalue weighted by atomic mass is 16.5. The van der Waals surface area contributed by atoms with Crippen LogP contribution >= 0.6 is 0 Å². The quantitative estimate of drug-likeness (QED) is 0.682. The third kappa shape index (κ3) is 2.64. The summed E-state index contributed by atoms with van der Waals surface area (Å²) in [7, 11) is 0. The number of rotatable bonds is 3. The highest BCUT2D eigenvalue weighted by Gasteiger charge is 2.08. The summed E-state index contributed by atoms with van der Waals surface area (Å²) in [6.45, 7) is 0.267. The van der Waals surface area contributed by atoms with E-state index in [4.69, 9.17) is 4.74 Å². The van der Waals surface area contributed by atoms with Crippen molar-refractivity contribution < 1.29 is 9.53 Å². The van der Waals surface area contributed by atoms with Gasteiger partial charge in [-0.1, -0.05) is 30.3 Å². The number of nitrogens with zero attached hydrogens (tertiary/aromatic N) is 2. The summed E-state index contributed by atoms with van der Waals surface area (Å²) in [5.41, 5.74) is 2.27. The van der Waals surface area contributed by atoms with E-state index < -0.39 is 0 Å². The Bertz CT molecular complexity index is 742. The van der Waals surface area contributed by atoms with E-state index in [0.29, 0.717) is 5.56 Å². The number of fused-ring (bicyclic) bond motifs is 1. The smallest absolute Gasteiger partial charge is 0.338 e. The highest BCUT2D eigenvalue weighted by Crippen LogP contribution is 2.13. The molecule has 0 spiro atoms. The average Bonchev–Trinajstić information content (AvgIpc) is 2.53. The number of carbonyl (C=O) groups is 1. The normalized spacial score (nSPS) is 10.4. The van der Waals surface area contributed by atoms with Crippen molar-refractivity contribution in [2.24, 2.45) is 0 Å². The van der Waals surface area contributed by atoms with Gasteiger partial charge in [0.15, 0.2) is 0 Å². The van der Waals surface area contributed by atoms with Crippen molar-refractivity contribution >= 4 is 16.9 Å². The van der Waals surface area contributed by atoms with Gasteiger partial charge in [0.1, 0.15) is 12.9 Å². The Labute approximate surface area is 116 Å². The first-order valence-corrected chi connectivity index (χ1v) is 6.24. The number of esters is 1. The summed E-state index contributed by atoms with van der Waals surface area (Å²) in [6.07, 6.45) is 3.16. The van der Waals surface area contributed by atoms with Gasteiger partial charge in [-0.25, -0.2) is 14.8 Å². The molecule has 3 rings (SSSR count). The molecule has 0 amide bonds. The zero-order valence-corrected chi connectivity index (χ0v) is 10.7. The van der Waals surface area contributed by atoms with Gasteiger partial charge < -0.3 is 4.74 Å². The monoisotopic (exact) mass is 264 g/mol. The van der Waals surface area contributed by atoms with E-state index in [1.165, 1.54) is 6.33 Å². The van der Waals surface area contributed by atoms with Crippen LogP contribution in [-0.2, 0) is 11.3 Å². The number of hydrogen-bond acceptors (Lipinski definition) is 4. The van der Waals surface area contributed by atoms with E-state index >= 15 is 0 Å². The van der Waals surface area contributed by atoms with Gasteiger partial charge in [0.05, 0.1) is 11.1 Å². The van der Waals surface area contributed by atoms with Gasteiger partial charge in [-0.3, -0.25) is 0 Å². The van der Waals surface area contributed by atoms with E-state index in [-0.39, 0.29) is 12.6 Å². The van der Waals surface area contributed by atoms with Gasteiger partial charge in [-0.2, -0.15) is 0 Å². The maximum atomic E-state index is 12.0. The van der Waals surface area contributed by atoms with Gasteiger partial charge >= 0.3 is 5.97 Å². The Balaban J connectivity index is 1.75. The maximum absolute atomic E-state index is 12.0. The molecule has 0 N–H and O–H groups in total. The fourth-order valence-corrected chi connectivity index (χ4v) is 1.92. The molecular weight excluding hydrogens is 252 g/mol. The maximum Gasteiger partial charge on any atom is 0.338 e. The second kappa shape index (κ2) is 5.48. The van der Waals surface area contributed by atoms with Crippen molar-refractivity contribution in [3.8, 4) is 0 Å². The lowest BCUT2D eigenvalue weighted by atomic mass is 10.1. The molecule has 3 aromatic rings. The van der Waals surface area contributed by atoms with E-state index in [9.17, 15) is 4.79 Å². The molecule has 0 aliphatic heterocycles. The van der Waals surface area contributed by atoms with Crippen LogP contribution in [0.3, 0.4) is 0 Å². The molecule has 1 heterocycles. The molecule has 0 atom stereocenters. The third-order valence-electron chi connectivity index (χ3n) is 2.95. The summed E-state index contributed by atoms with van der Waals surface area (Å²) >= 11 is 0.